The Morgan fingerprint density at radius 1 is 1.19 bits per heavy atom. The van der Waals surface area contributed by atoms with Crippen LogP contribution in [0.25, 0.3) is 0 Å². The summed E-state index contributed by atoms with van der Waals surface area (Å²) < 4.78 is 11.5. The summed E-state index contributed by atoms with van der Waals surface area (Å²) in [6.45, 7) is 8.85. The Bertz CT molecular complexity index is 926. The Morgan fingerprint density at radius 2 is 1.91 bits per heavy atom. The Hall–Kier alpha value is -2.54. The van der Waals surface area contributed by atoms with Crippen LogP contribution in [0.4, 0.5) is 0 Å². The lowest BCUT2D eigenvalue weighted by molar-refractivity contribution is -0.146. The average Bonchev–Trinajstić information content (AvgIpc) is 3.29. The smallest absolute Gasteiger partial charge is 0.242 e. The molecule has 1 aliphatic heterocycles. The molecule has 2 atom stereocenters. The average molecular weight is 459 g/mol. The Kier molecular flexibility index (Phi) is 8.18. The summed E-state index contributed by atoms with van der Waals surface area (Å²) in [6.07, 6.45) is 1.63. The lowest BCUT2D eigenvalue weighted by atomic mass is 10.00. The van der Waals surface area contributed by atoms with Crippen molar-refractivity contribution in [1.82, 2.24) is 9.80 Å². The number of hydrogen-bond donors (Lipinski definition) is 0. The number of rotatable bonds is 9. The van der Waals surface area contributed by atoms with Gasteiger partial charge in [-0.15, -0.1) is 11.3 Å². The van der Waals surface area contributed by atoms with Gasteiger partial charge in [-0.2, -0.15) is 0 Å². The highest BCUT2D eigenvalue weighted by molar-refractivity contribution is 7.10. The van der Waals surface area contributed by atoms with Gasteiger partial charge in [-0.05, 0) is 48.9 Å². The number of carbonyl (C=O) groups excluding carboxylic acids is 2. The first-order valence-corrected chi connectivity index (χ1v) is 12.2. The van der Waals surface area contributed by atoms with Crippen molar-refractivity contribution in [2.24, 2.45) is 5.92 Å². The maximum Gasteiger partial charge on any atom is 0.242 e. The van der Waals surface area contributed by atoms with E-state index in [0.29, 0.717) is 24.7 Å². The number of methoxy groups -OCH3 is 1. The summed E-state index contributed by atoms with van der Waals surface area (Å²) in [5.41, 5.74) is 1.13. The topological polar surface area (TPSA) is 59.1 Å². The van der Waals surface area contributed by atoms with Crippen molar-refractivity contribution in [3.05, 3.63) is 46.2 Å². The molecule has 0 bridgehead atoms. The third kappa shape index (κ3) is 5.26. The van der Waals surface area contributed by atoms with Gasteiger partial charge in [0, 0.05) is 23.4 Å². The fourth-order valence-corrected chi connectivity index (χ4v) is 4.95. The molecule has 0 N–H and O–H groups in total. The molecule has 174 valence electrons. The zero-order valence-corrected chi connectivity index (χ0v) is 20.5. The van der Waals surface area contributed by atoms with Gasteiger partial charge in [-0.25, -0.2) is 0 Å². The molecule has 2 heterocycles. The Balaban J connectivity index is 1.81. The minimum absolute atomic E-state index is 0.0126. The van der Waals surface area contributed by atoms with Gasteiger partial charge in [0.25, 0.3) is 0 Å². The minimum atomic E-state index is -0.199. The van der Waals surface area contributed by atoms with Crippen molar-refractivity contribution in [2.75, 3.05) is 26.8 Å². The summed E-state index contributed by atoms with van der Waals surface area (Å²) in [7, 11) is 1.62. The van der Waals surface area contributed by atoms with E-state index < -0.39 is 0 Å². The second-order valence-electron chi connectivity index (χ2n) is 8.49. The van der Waals surface area contributed by atoms with Gasteiger partial charge in [0.2, 0.25) is 11.8 Å². The van der Waals surface area contributed by atoms with Crippen LogP contribution in [0, 0.1) is 5.92 Å². The van der Waals surface area contributed by atoms with Crippen LogP contribution < -0.4 is 9.47 Å². The van der Waals surface area contributed by atoms with Crippen molar-refractivity contribution >= 4 is 23.2 Å². The second kappa shape index (κ2) is 10.9. The number of carbonyl (C=O) groups is 2. The van der Waals surface area contributed by atoms with E-state index in [0.717, 1.165) is 18.4 Å². The lowest BCUT2D eigenvalue weighted by Crippen LogP contribution is -2.50. The molecule has 0 unspecified atom stereocenters. The molecule has 6 nitrogen and oxygen atoms in total. The predicted octanol–water partition coefficient (Wildman–Crippen LogP) is 4.54. The van der Waals surface area contributed by atoms with E-state index >= 15 is 0 Å². The molecular weight excluding hydrogens is 424 g/mol. The molecule has 2 amide bonds. The first-order chi connectivity index (χ1) is 15.4. The molecular formula is C25H34N2O4S. The van der Waals surface area contributed by atoms with E-state index in [-0.39, 0.29) is 36.4 Å². The maximum absolute atomic E-state index is 13.5. The predicted molar refractivity (Wildman–Crippen MR) is 127 cm³/mol. The second-order valence-corrected chi connectivity index (χ2v) is 9.49. The molecule has 1 aromatic heterocycles. The SMILES string of the molecule is CC[C@@H](C)N(CC(=O)N1CCc2sccc2[C@H]1COc1ccccc1OC)C(=O)C(C)C. The Morgan fingerprint density at radius 3 is 2.56 bits per heavy atom. The van der Waals surface area contributed by atoms with Gasteiger partial charge < -0.3 is 19.3 Å². The highest BCUT2D eigenvalue weighted by atomic mass is 32.1. The van der Waals surface area contributed by atoms with Gasteiger partial charge >= 0.3 is 0 Å². The van der Waals surface area contributed by atoms with Gasteiger partial charge in [-0.1, -0.05) is 32.9 Å². The van der Waals surface area contributed by atoms with E-state index in [1.807, 2.05) is 56.9 Å². The zero-order chi connectivity index (χ0) is 23.3. The van der Waals surface area contributed by atoms with E-state index in [1.54, 1.807) is 23.3 Å². The molecule has 0 spiro atoms. The molecule has 2 aromatic rings. The van der Waals surface area contributed by atoms with E-state index in [1.165, 1.54) is 4.88 Å². The van der Waals surface area contributed by atoms with Crippen LogP contribution in [-0.2, 0) is 16.0 Å². The van der Waals surface area contributed by atoms with Crippen LogP contribution in [-0.4, -0.2) is 54.5 Å². The monoisotopic (exact) mass is 458 g/mol. The van der Waals surface area contributed by atoms with Crippen LogP contribution in [0.1, 0.15) is 50.6 Å². The fourth-order valence-electron chi connectivity index (χ4n) is 4.02. The first kappa shape index (κ1) is 24.1. The van der Waals surface area contributed by atoms with Crippen molar-refractivity contribution in [3.8, 4) is 11.5 Å². The Labute approximate surface area is 195 Å². The van der Waals surface area contributed by atoms with Gasteiger partial charge in [0.05, 0.1) is 13.2 Å². The number of fused-ring (bicyclic) bond motifs is 1. The number of nitrogens with zero attached hydrogens (tertiary/aromatic N) is 2. The van der Waals surface area contributed by atoms with Crippen LogP contribution in [0.3, 0.4) is 0 Å². The summed E-state index contributed by atoms with van der Waals surface area (Å²) in [6, 6.07) is 9.42. The van der Waals surface area contributed by atoms with Crippen LogP contribution in [0.15, 0.2) is 35.7 Å². The summed E-state index contributed by atoms with van der Waals surface area (Å²) >= 11 is 1.72. The summed E-state index contributed by atoms with van der Waals surface area (Å²) in [4.78, 5) is 31.2. The third-order valence-electron chi connectivity index (χ3n) is 6.09. The molecule has 0 saturated carbocycles. The number of thiophene rings is 1. The van der Waals surface area contributed by atoms with Gasteiger partial charge in [0.15, 0.2) is 11.5 Å². The molecule has 7 heteroatoms. The molecule has 3 rings (SSSR count). The minimum Gasteiger partial charge on any atom is -0.493 e. The molecule has 1 aromatic carbocycles. The number of ether oxygens (including phenoxy) is 2. The lowest BCUT2D eigenvalue weighted by Gasteiger charge is -2.38. The number of benzene rings is 1. The van der Waals surface area contributed by atoms with E-state index in [4.69, 9.17) is 9.47 Å². The zero-order valence-electron chi connectivity index (χ0n) is 19.7. The number of amides is 2. The van der Waals surface area contributed by atoms with E-state index in [2.05, 4.69) is 11.4 Å². The normalized spacial score (nSPS) is 16.4. The standard InChI is InChI=1S/C25H34N2O4S/c1-6-18(4)27(25(29)17(2)3)15-24(28)26-13-11-23-19(12-14-32-23)20(26)16-31-22-10-8-7-9-21(22)30-5/h7-10,12,14,17-18,20H,6,11,13,15-16H2,1-5H3/t18-,20-/m1/s1. The quantitative estimate of drug-likeness (QED) is 0.553. The molecule has 0 radical (unpaired) electrons. The van der Waals surface area contributed by atoms with Crippen molar-refractivity contribution in [2.45, 2.75) is 52.6 Å². The van der Waals surface area contributed by atoms with Gasteiger partial charge in [-0.3, -0.25) is 9.59 Å². The van der Waals surface area contributed by atoms with Crippen LogP contribution >= 0.6 is 11.3 Å². The maximum atomic E-state index is 13.5. The van der Waals surface area contributed by atoms with Gasteiger partial charge in [0.1, 0.15) is 13.2 Å². The van der Waals surface area contributed by atoms with Crippen molar-refractivity contribution in [1.29, 1.82) is 0 Å². The third-order valence-corrected chi connectivity index (χ3v) is 7.08. The number of hydrogen-bond acceptors (Lipinski definition) is 5. The molecule has 0 fully saturated rings. The highest BCUT2D eigenvalue weighted by Crippen LogP contribution is 2.35. The molecule has 32 heavy (non-hydrogen) atoms. The first-order valence-electron chi connectivity index (χ1n) is 11.3. The number of para-hydroxylation sites is 2. The molecule has 0 aliphatic carbocycles. The molecule has 0 saturated heterocycles. The van der Waals surface area contributed by atoms with Crippen molar-refractivity contribution < 1.29 is 19.1 Å². The summed E-state index contributed by atoms with van der Waals surface area (Å²) in [5.74, 6) is 1.15. The van der Waals surface area contributed by atoms with Crippen molar-refractivity contribution in [3.63, 3.8) is 0 Å². The van der Waals surface area contributed by atoms with Crippen LogP contribution in [0.5, 0.6) is 11.5 Å². The summed E-state index contributed by atoms with van der Waals surface area (Å²) in [5, 5.41) is 2.07. The molecule has 1 aliphatic rings. The fraction of sp³-hybridized carbons (Fsp3) is 0.520. The van der Waals surface area contributed by atoms with Crippen LogP contribution in [0.2, 0.25) is 0 Å². The van der Waals surface area contributed by atoms with E-state index in [9.17, 15) is 9.59 Å². The largest absolute Gasteiger partial charge is 0.493 e. The highest BCUT2D eigenvalue weighted by Gasteiger charge is 2.34.